The summed E-state index contributed by atoms with van der Waals surface area (Å²) in [5.74, 6) is -0.245. The molecule has 0 saturated carbocycles. The van der Waals surface area contributed by atoms with Crippen LogP contribution in [-0.4, -0.2) is 19.9 Å². The van der Waals surface area contributed by atoms with Crippen LogP contribution < -0.4 is 10.0 Å². The fourth-order valence-corrected chi connectivity index (χ4v) is 4.53. The van der Waals surface area contributed by atoms with Gasteiger partial charge in [0.05, 0.1) is 17.6 Å². The molecule has 0 aliphatic rings. The Bertz CT molecular complexity index is 1140. The predicted octanol–water partition coefficient (Wildman–Crippen LogP) is 4.25. The van der Waals surface area contributed by atoms with Crippen LogP contribution in [0.2, 0.25) is 0 Å². The second-order valence-corrected chi connectivity index (χ2v) is 9.74. The van der Waals surface area contributed by atoms with Gasteiger partial charge in [0.15, 0.2) is 0 Å². The molecule has 2 aromatic carbocycles. The van der Waals surface area contributed by atoms with Crippen molar-refractivity contribution in [2.75, 3.05) is 5.32 Å². The molecule has 3 aromatic rings. The standard InChI is InChI=1S/C22H26N2O4S/c1-5-15-9-10-19-16(14-28-20(19)11-15)12-21(25)23-17-7-6-8-18(13-17)29(26,27)24-22(2,3)4/h6-11,13-14,24H,5,12H2,1-4H3,(H,23,25). The number of sulfonamides is 1. The maximum Gasteiger partial charge on any atom is 0.241 e. The molecule has 0 fully saturated rings. The molecule has 0 unspecified atom stereocenters. The number of carbonyl (C=O) groups excluding carboxylic acids is 1. The number of nitrogens with one attached hydrogen (secondary N) is 2. The van der Waals surface area contributed by atoms with Gasteiger partial charge in [0.2, 0.25) is 15.9 Å². The molecule has 7 heteroatoms. The molecule has 0 saturated heterocycles. The van der Waals surface area contributed by atoms with E-state index in [0.29, 0.717) is 5.69 Å². The average molecular weight is 415 g/mol. The van der Waals surface area contributed by atoms with E-state index in [9.17, 15) is 13.2 Å². The van der Waals surface area contributed by atoms with Crippen LogP contribution >= 0.6 is 0 Å². The van der Waals surface area contributed by atoms with Gasteiger partial charge in [0, 0.05) is 22.2 Å². The van der Waals surface area contributed by atoms with E-state index in [1.54, 1.807) is 39.2 Å². The highest BCUT2D eigenvalue weighted by molar-refractivity contribution is 7.89. The highest BCUT2D eigenvalue weighted by atomic mass is 32.2. The summed E-state index contributed by atoms with van der Waals surface area (Å²) in [4.78, 5) is 12.6. The fourth-order valence-electron chi connectivity index (χ4n) is 3.07. The molecule has 154 valence electrons. The summed E-state index contributed by atoms with van der Waals surface area (Å²) in [6.45, 7) is 7.39. The number of aryl methyl sites for hydroxylation is 1. The molecule has 1 aromatic heterocycles. The molecule has 1 amide bonds. The van der Waals surface area contributed by atoms with Crippen molar-refractivity contribution in [1.29, 1.82) is 0 Å². The van der Waals surface area contributed by atoms with E-state index < -0.39 is 15.6 Å². The second kappa shape index (κ2) is 8.00. The predicted molar refractivity (Wildman–Crippen MR) is 114 cm³/mol. The van der Waals surface area contributed by atoms with Gasteiger partial charge in [-0.3, -0.25) is 4.79 Å². The smallest absolute Gasteiger partial charge is 0.241 e. The molecule has 0 radical (unpaired) electrons. The summed E-state index contributed by atoms with van der Waals surface area (Å²) in [6, 6.07) is 12.2. The summed E-state index contributed by atoms with van der Waals surface area (Å²) < 4.78 is 33.2. The van der Waals surface area contributed by atoms with Gasteiger partial charge in [-0.05, 0) is 57.0 Å². The first-order valence-corrected chi connectivity index (χ1v) is 11.0. The SMILES string of the molecule is CCc1ccc2c(CC(=O)Nc3cccc(S(=O)(=O)NC(C)(C)C)c3)coc2c1. The molecule has 2 N–H and O–H groups in total. The lowest BCUT2D eigenvalue weighted by atomic mass is 10.1. The number of hydrogen-bond acceptors (Lipinski definition) is 4. The second-order valence-electron chi connectivity index (χ2n) is 8.05. The van der Waals surface area contributed by atoms with Crippen LogP contribution in [0.4, 0.5) is 5.69 Å². The van der Waals surface area contributed by atoms with Crippen LogP contribution in [-0.2, 0) is 27.7 Å². The molecule has 6 nitrogen and oxygen atoms in total. The van der Waals surface area contributed by atoms with E-state index in [2.05, 4.69) is 17.0 Å². The third-order valence-corrected chi connectivity index (χ3v) is 6.10. The van der Waals surface area contributed by atoms with Crippen LogP contribution in [0.25, 0.3) is 11.0 Å². The van der Waals surface area contributed by atoms with E-state index in [0.717, 1.165) is 23.0 Å². The zero-order chi connectivity index (χ0) is 21.2. The Morgan fingerprint density at radius 3 is 2.55 bits per heavy atom. The van der Waals surface area contributed by atoms with Gasteiger partial charge in [-0.1, -0.05) is 25.1 Å². The van der Waals surface area contributed by atoms with Gasteiger partial charge in [0.1, 0.15) is 5.58 Å². The van der Waals surface area contributed by atoms with E-state index in [1.165, 1.54) is 17.7 Å². The van der Waals surface area contributed by atoms with Crippen molar-refractivity contribution in [3.8, 4) is 0 Å². The topological polar surface area (TPSA) is 88.4 Å². The Labute approximate surface area is 171 Å². The maximum atomic E-state index is 12.5. The molecule has 1 heterocycles. The van der Waals surface area contributed by atoms with Gasteiger partial charge in [-0.25, -0.2) is 13.1 Å². The lowest BCUT2D eigenvalue weighted by molar-refractivity contribution is -0.115. The minimum Gasteiger partial charge on any atom is -0.464 e. The van der Waals surface area contributed by atoms with Gasteiger partial charge in [-0.2, -0.15) is 0 Å². The van der Waals surface area contributed by atoms with E-state index in [1.807, 2.05) is 18.2 Å². The molecular formula is C22H26N2O4S. The van der Waals surface area contributed by atoms with Crippen molar-refractivity contribution < 1.29 is 17.6 Å². The largest absolute Gasteiger partial charge is 0.464 e. The molecule has 0 aliphatic carbocycles. The highest BCUT2D eigenvalue weighted by Gasteiger charge is 2.22. The molecular weight excluding hydrogens is 388 g/mol. The van der Waals surface area contributed by atoms with Crippen LogP contribution in [0.5, 0.6) is 0 Å². The third kappa shape index (κ3) is 5.25. The average Bonchev–Trinajstić information content (AvgIpc) is 3.01. The molecule has 0 aliphatic heterocycles. The van der Waals surface area contributed by atoms with Crippen LogP contribution in [0.1, 0.15) is 38.8 Å². The summed E-state index contributed by atoms with van der Waals surface area (Å²) in [5.41, 5.74) is 2.54. The number of rotatable bonds is 6. The first-order valence-electron chi connectivity index (χ1n) is 9.50. The number of furan rings is 1. The quantitative estimate of drug-likeness (QED) is 0.631. The van der Waals surface area contributed by atoms with Crippen molar-refractivity contribution >= 4 is 32.6 Å². The van der Waals surface area contributed by atoms with E-state index in [-0.39, 0.29) is 17.2 Å². The Kier molecular flexibility index (Phi) is 5.82. The zero-order valence-corrected chi connectivity index (χ0v) is 17.9. The van der Waals surface area contributed by atoms with Crippen molar-refractivity contribution in [2.24, 2.45) is 0 Å². The molecule has 3 rings (SSSR count). The molecule has 29 heavy (non-hydrogen) atoms. The number of benzene rings is 2. The number of fused-ring (bicyclic) bond motifs is 1. The van der Waals surface area contributed by atoms with Crippen molar-refractivity contribution in [2.45, 2.75) is 51.0 Å². The Balaban J connectivity index is 1.75. The van der Waals surface area contributed by atoms with E-state index >= 15 is 0 Å². The normalized spacial score (nSPS) is 12.3. The minimum atomic E-state index is -3.68. The third-order valence-electron chi connectivity index (χ3n) is 4.35. The summed E-state index contributed by atoms with van der Waals surface area (Å²) in [7, 11) is -3.68. The minimum absolute atomic E-state index is 0.103. The first kappa shape index (κ1) is 21.1. The van der Waals surface area contributed by atoms with Crippen LogP contribution in [0, 0.1) is 0 Å². The van der Waals surface area contributed by atoms with Crippen LogP contribution in [0.15, 0.2) is 58.0 Å². The Morgan fingerprint density at radius 1 is 1.10 bits per heavy atom. The summed E-state index contributed by atoms with van der Waals surface area (Å²) in [5, 5.41) is 3.68. The summed E-state index contributed by atoms with van der Waals surface area (Å²) in [6.07, 6.45) is 2.64. The Morgan fingerprint density at radius 2 is 1.86 bits per heavy atom. The lowest BCUT2D eigenvalue weighted by Crippen LogP contribution is -2.40. The number of carbonyl (C=O) groups is 1. The van der Waals surface area contributed by atoms with Gasteiger partial charge in [-0.15, -0.1) is 0 Å². The highest BCUT2D eigenvalue weighted by Crippen LogP contribution is 2.24. The fraction of sp³-hybridized carbons (Fsp3) is 0.318. The zero-order valence-electron chi connectivity index (χ0n) is 17.1. The lowest BCUT2D eigenvalue weighted by Gasteiger charge is -2.20. The van der Waals surface area contributed by atoms with Gasteiger partial charge < -0.3 is 9.73 Å². The monoisotopic (exact) mass is 414 g/mol. The number of anilines is 1. The number of amides is 1. The van der Waals surface area contributed by atoms with Gasteiger partial charge >= 0.3 is 0 Å². The van der Waals surface area contributed by atoms with E-state index in [4.69, 9.17) is 4.42 Å². The molecule has 0 spiro atoms. The maximum absolute atomic E-state index is 12.5. The van der Waals surface area contributed by atoms with Crippen molar-refractivity contribution in [3.63, 3.8) is 0 Å². The molecule has 0 bridgehead atoms. The Hall–Kier alpha value is -2.64. The van der Waals surface area contributed by atoms with Gasteiger partial charge in [0.25, 0.3) is 0 Å². The van der Waals surface area contributed by atoms with Crippen LogP contribution in [0.3, 0.4) is 0 Å². The van der Waals surface area contributed by atoms with Crippen molar-refractivity contribution in [1.82, 2.24) is 4.72 Å². The molecule has 0 atom stereocenters. The first-order chi connectivity index (χ1) is 13.6. The summed E-state index contributed by atoms with van der Waals surface area (Å²) >= 11 is 0. The number of hydrogen-bond donors (Lipinski definition) is 2. The van der Waals surface area contributed by atoms with Crippen molar-refractivity contribution in [3.05, 3.63) is 59.9 Å².